The Labute approximate surface area is 185 Å². The summed E-state index contributed by atoms with van der Waals surface area (Å²) in [6.07, 6.45) is 5.50. The lowest BCUT2D eigenvalue weighted by Crippen LogP contribution is -2.33. The number of sulfonamides is 1. The van der Waals surface area contributed by atoms with Crippen LogP contribution in [-0.4, -0.2) is 43.4 Å². The summed E-state index contributed by atoms with van der Waals surface area (Å²) >= 11 is 1.33. The van der Waals surface area contributed by atoms with E-state index in [9.17, 15) is 13.2 Å². The molecular formula is C22H23N3O4S2. The van der Waals surface area contributed by atoms with Gasteiger partial charge in [-0.15, -0.1) is 6.42 Å². The maximum absolute atomic E-state index is 12.8. The number of terminal acetylenes is 1. The van der Waals surface area contributed by atoms with Crippen LogP contribution in [0.3, 0.4) is 0 Å². The molecule has 1 heterocycles. The van der Waals surface area contributed by atoms with Crippen molar-refractivity contribution in [2.24, 2.45) is 4.99 Å². The fourth-order valence-electron chi connectivity index (χ4n) is 2.87. The lowest BCUT2D eigenvalue weighted by Gasteiger charge is -2.20. The first-order valence-electron chi connectivity index (χ1n) is 9.47. The Morgan fingerprint density at radius 1 is 1.26 bits per heavy atom. The Morgan fingerprint density at radius 2 is 1.94 bits per heavy atom. The molecule has 0 saturated carbocycles. The van der Waals surface area contributed by atoms with Crippen LogP contribution in [0.25, 0.3) is 10.2 Å². The highest BCUT2D eigenvalue weighted by atomic mass is 32.2. The van der Waals surface area contributed by atoms with Gasteiger partial charge in [0.2, 0.25) is 10.0 Å². The van der Waals surface area contributed by atoms with Gasteiger partial charge >= 0.3 is 0 Å². The lowest BCUT2D eigenvalue weighted by atomic mass is 10.2. The quantitative estimate of drug-likeness (QED) is 0.533. The van der Waals surface area contributed by atoms with Gasteiger partial charge in [0.1, 0.15) is 5.75 Å². The van der Waals surface area contributed by atoms with Crippen LogP contribution in [0.5, 0.6) is 5.75 Å². The van der Waals surface area contributed by atoms with Crippen molar-refractivity contribution in [1.29, 1.82) is 0 Å². The molecule has 0 fully saturated rings. The molecule has 0 unspecified atom stereocenters. The second-order valence-corrected chi connectivity index (χ2v) is 10.1. The predicted molar refractivity (Wildman–Crippen MR) is 122 cm³/mol. The van der Waals surface area contributed by atoms with Gasteiger partial charge in [0.25, 0.3) is 5.91 Å². The number of ether oxygens (including phenoxy) is 1. The monoisotopic (exact) mass is 457 g/mol. The van der Waals surface area contributed by atoms with Gasteiger partial charge < -0.3 is 9.30 Å². The zero-order valence-corrected chi connectivity index (χ0v) is 19.3. The van der Waals surface area contributed by atoms with E-state index in [2.05, 4.69) is 10.9 Å². The minimum absolute atomic E-state index is 0.122. The number of amides is 1. The Bertz CT molecular complexity index is 1330. The fraction of sp³-hybridized carbons (Fsp3) is 0.273. The second-order valence-electron chi connectivity index (χ2n) is 7.06. The molecule has 0 N–H and O–H groups in total. The van der Waals surface area contributed by atoms with Crippen molar-refractivity contribution in [3.63, 3.8) is 0 Å². The highest BCUT2D eigenvalue weighted by molar-refractivity contribution is 7.89. The van der Waals surface area contributed by atoms with Gasteiger partial charge in [0.05, 0.1) is 28.8 Å². The molecule has 1 aromatic heterocycles. The third-order valence-electron chi connectivity index (χ3n) is 4.84. The normalized spacial score (nSPS) is 12.5. The average molecular weight is 458 g/mol. The van der Waals surface area contributed by atoms with Crippen LogP contribution in [0.15, 0.2) is 52.4 Å². The fourth-order valence-corrected chi connectivity index (χ4v) is 5.30. The van der Waals surface area contributed by atoms with Crippen molar-refractivity contribution in [3.05, 3.63) is 52.8 Å². The molecule has 0 bridgehead atoms. The summed E-state index contributed by atoms with van der Waals surface area (Å²) in [6.45, 7) is 3.85. The Hall–Kier alpha value is -2.93. The smallest absolute Gasteiger partial charge is 0.279 e. The summed E-state index contributed by atoms with van der Waals surface area (Å²) in [5, 5.41) is 0. The van der Waals surface area contributed by atoms with Crippen molar-refractivity contribution in [2.45, 2.75) is 31.3 Å². The minimum Gasteiger partial charge on any atom is -0.497 e. The third kappa shape index (κ3) is 4.56. The number of nitrogens with zero attached hydrogens (tertiary/aromatic N) is 3. The maximum atomic E-state index is 12.8. The van der Waals surface area contributed by atoms with Crippen molar-refractivity contribution >= 4 is 37.5 Å². The zero-order chi connectivity index (χ0) is 22.8. The highest BCUT2D eigenvalue weighted by Crippen LogP contribution is 2.23. The van der Waals surface area contributed by atoms with Crippen molar-refractivity contribution in [3.8, 4) is 18.1 Å². The summed E-state index contributed by atoms with van der Waals surface area (Å²) in [4.78, 5) is 17.6. The van der Waals surface area contributed by atoms with Gasteiger partial charge in [-0.3, -0.25) is 4.79 Å². The second kappa shape index (κ2) is 9.06. The van der Waals surface area contributed by atoms with E-state index in [-0.39, 0.29) is 23.0 Å². The topological polar surface area (TPSA) is 81.0 Å². The zero-order valence-electron chi connectivity index (χ0n) is 17.7. The molecule has 0 atom stereocenters. The molecule has 3 rings (SSSR count). The summed E-state index contributed by atoms with van der Waals surface area (Å²) in [6, 6.07) is 11.1. The number of hydrogen-bond donors (Lipinski definition) is 0. The summed E-state index contributed by atoms with van der Waals surface area (Å²) in [5.74, 6) is 2.80. The van der Waals surface area contributed by atoms with Crippen molar-refractivity contribution in [2.75, 3.05) is 14.2 Å². The van der Waals surface area contributed by atoms with Gasteiger partial charge in [-0.2, -0.15) is 9.30 Å². The van der Waals surface area contributed by atoms with E-state index in [0.717, 1.165) is 10.2 Å². The van der Waals surface area contributed by atoms with E-state index in [1.807, 2.05) is 18.2 Å². The predicted octanol–water partition coefficient (Wildman–Crippen LogP) is 3.11. The van der Waals surface area contributed by atoms with E-state index in [4.69, 9.17) is 11.2 Å². The molecule has 31 heavy (non-hydrogen) atoms. The van der Waals surface area contributed by atoms with Gasteiger partial charge in [-0.05, 0) is 56.3 Å². The van der Waals surface area contributed by atoms with Gasteiger partial charge in [-0.25, -0.2) is 8.42 Å². The van der Waals surface area contributed by atoms with Crippen molar-refractivity contribution in [1.82, 2.24) is 8.87 Å². The standard InChI is InChI=1S/C22H23N3O4S2/c1-6-13-25-19-12-9-17(29-5)14-20(19)30-22(25)23-21(26)16-7-10-18(11-8-16)31(27,28)24(4)15(2)3/h1,7-12,14-15H,13H2,2-5H3. The number of methoxy groups -OCH3 is 1. The minimum atomic E-state index is -3.62. The summed E-state index contributed by atoms with van der Waals surface area (Å²) < 4.78 is 34.4. The van der Waals surface area contributed by atoms with Crippen LogP contribution in [0.4, 0.5) is 0 Å². The Morgan fingerprint density at radius 3 is 2.52 bits per heavy atom. The number of fused-ring (bicyclic) bond motifs is 1. The summed E-state index contributed by atoms with van der Waals surface area (Å²) in [5.41, 5.74) is 1.14. The van der Waals surface area contributed by atoms with E-state index < -0.39 is 15.9 Å². The molecule has 0 radical (unpaired) electrons. The molecule has 0 aliphatic carbocycles. The molecule has 1 amide bonds. The molecule has 9 heteroatoms. The van der Waals surface area contributed by atoms with Gasteiger partial charge in [-0.1, -0.05) is 17.3 Å². The molecule has 162 valence electrons. The van der Waals surface area contributed by atoms with E-state index in [0.29, 0.717) is 10.6 Å². The number of benzene rings is 2. The molecule has 3 aromatic rings. The SMILES string of the molecule is C#CCn1c(=NC(=O)c2ccc(S(=O)(=O)N(C)C(C)C)cc2)sc2cc(OC)ccc21. The molecule has 7 nitrogen and oxygen atoms in total. The van der Waals surface area contributed by atoms with Gasteiger partial charge in [0.15, 0.2) is 4.80 Å². The molecule has 0 saturated heterocycles. The number of rotatable bonds is 6. The van der Waals surface area contributed by atoms with E-state index in [1.54, 1.807) is 25.5 Å². The number of carbonyl (C=O) groups excluding carboxylic acids is 1. The molecule has 0 aliphatic rings. The van der Waals surface area contributed by atoms with Crippen LogP contribution in [0, 0.1) is 12.3 Å². The maximum Gasteiger partial charge on any atom is 0.279 e. The first-order valence-corrected chi connectivity index (χ1v) is 11.7. The van der Waals surface area contributed by atoms with Crippen LogP contribution in [0.2, 0.25) is 0 Å². The van der Waals surface area contributed by atoms with Crippen LogP contribution in [0.1, 0.15) is 24.2 Å². The lowest BCUT2D eigenvalue weighted by molar-refractivity contribution is 0.0998. The summed E-state index contributed by atoms with van der Waals surface area (Å²) in [7, 11) is -0.514. The van der Waals surface area contributed by atoms with Crippen molar-refractivity contribution < 1.29 is 17.9 Å². The van der Waals surface area contributed by atoms with Crippen LogP contribution < -0.4 is 9.54 Å². The van der Waals surface area contributed by atoms with Gasteiger partial charge in [0, 0.05) is 18.7 Å². The first-order chi connectivity index (χ1) is 14.7. The Kier molecular flexibility index (Phi) is 6.65. The van der Waals surface area contributed by atoms with E-state index in [1.165, 1.54) is 47.0 Å². The molecule has 0 spiro atoms. The number of thiazole rings is 1. The third-order valence-corrected chi connectivity index (χ3v) is 7.93. The van der Waals surface area contributed by atoms with Crippen LogP contribution >= 0.6 is 11.3 Å². The largest absolute Gasteiger partial charge is 0.497 e. The Balaban J connectivity index is 2.00. The highest BCUT2D eigenvalue weighted by Gasteiger charge is 2.23. The first kappa shape index (κ1) is 22.7. The molecule has 2 aromatic carbocycles. The number of carbonyl (C=O) groups is 1. The molecule has 0 aliphatic heterocycles. The number of hydrogen-bond acceptors (Lipinski definition) is 5. The molecular weight excluding hydrogens is 434 g/mol. The average Bonchev–Trinajstić information content (AvgIpc) is 3.09. The van der Waals surface area contributed by atoms with E-state index >= 15 is 0 Å². The van der Waals surface area contributed by atoms with Crippen LogP contribution in [-0.2, 0) is 16.6 Å². The number of aromatic nitrogens is 1.